The molecule has 0 fully saturated rings. The third-order valence-corrected chi connectivity index (χ3v) is 4.15. The van der Waals surface area contributed by atoms with E-state index in [1.807, 2.05) is 18.4 Å². The van der Waals surface area contributed by atoms with E-state index in [2.05, 4.69) is 5.32 Å². The maximum atomic E-state index is 12.2. The molecule has 21 heavy (non-hydrogen) atoms. The van der Waals surface area contributed by atoms with Crippen molar-refractivity contribution in [3.63, 3.8) is 0 Å². The number of anilines is 1. The van der Waals surface area contributed by atoms with Gasteiger partial charge in [-0.15, -0.1) is 11.8 Å². The molecular weight excluding hydrogens is 324 g/mol. The van der Waals surface area contributed by atoms with Crippen molar-refractivity contribution in [2.24, 2.45) is 5.73 Å². The van der Waals surface area contributed by atoms with Crippen LogP contribution in [0.5, 0.6) is 0 Å². The lowest BCUT2D eigenvalue weighted by molar-refractivity contribution is 0.102. The Balaban J connectivity index is 2.17. The highest BCUT2D eigenvalue weighted by Gasteiger charge is 2.09. The van der Waals surface area contributed by atoms with Gasteiger partial charge in [0.25, 0.3) is 5.91 Å². The number of amides is 1. The molecule has 0 spiro atoms. The van der Waals surface area contributed by atoms with E-state index in [1.165, 1.54) is 0 Å². The Morgan fingerprint density at radius 3 is 2.33 bits per heavy atom. The van der Waals surface area contributed by atoms with Crippen molar-refractivity contribution in [1.82, 2.24) is 0 Å². The number of benzene rings is 2. The van der Waals surface area contributed by atoms with Crippen LogP contribution in [0.1, 0.15) is 15.9 Å². The van der Waals surface area contributed by atoms with Gasteiger partial charge in [-0.1, -0.05) is 23.8 Å². The van der Waals surface area contributed by atoms with E-state index in [0.717, 1.165) is 4.90 Å². The van der Waals surface area contributed by atoms with Gasteiger partial charge >= 0.3 is 0 Å². The van der Waals surface area contributed by atoms with E-state index in [0.29, 0.717) is 21.8 Å². The third-order valence-electron chi connectivity index (χ3n) is 2.85. The molecule has 0 saturated heterocycles. The van der Waals surface area contributed by atoms with Crippen LogP contribution in [-0.4, -0.2) is 17.2 Å². The number of halogens is 1. The minimum absolute atomic E-state index is 0.215. The molecule has 2 aromatic rings. The second kappa shape index (κ2) is 6.93. The maximum absolute atomic E-state index is 12.2. The number of nitrogens with one attached hydrogen (secondary N) is 1. The Bertz CT molecular complexity index is 687. The van der Waals surface area contributed by atoms with Gasteiger partial charge in [0.2, 0.25) is 0 Å². The molecule has 0 saturated carbocycles. The van der Waals surface area contributed by atoms with E-state index in [4.69, 9.17) is 29.6 Å². The molecule has 0 aliphatic carbocycles. The third kappa shape index (κ3) is 3.97. The fourth-order valence-corrected chi connectivity index (χ4v) is 2.47. The lowest BCUT2D eigenvalue weighted by Crippen LogP contribution is -2.13. The highest BCUT2D eigenvalue weighted by molar-refractivity contribution is 7.98. The summed E-state index contributed by atoms with van der Waals surface area (Å²) >= 11 is 12.6. The van der Waals surface area contributed by atoms with Crippen LogP contribution in [0.25, 0.3) is 0 Å². The summed E-state index contributed by atoms with van der Waals surface area (Å²) in [5.41, 5.74) is 7.30. The summed E-state index contributed by atoms with van der Waals surface area (Å²) in [5, 5.41) is 3.17. The lowest BCUT2D eigenvalue weighted by Gasteiger charge is -2.09. The van der Waals surface area contributed by atoms with Crippen LogP contribution in [0.3, 0.4) is 0 Å². The monoisotopic (exact) mass is 336 g/mol. The quantitative estimate of drug-likeness (QED) is 0.655. The minimum atomic E-state index is -0.215. The van der Waals surface area contributed by atoms with Gasteiger partial charge in [0.15, 0.2) is 0 Å². The van der Waals surface area contributed by atoms with Gasteiger partial charge < -0.3 is 11.1 Å². The molecule has 0 heterocycles. The molecular formula is C15H13ClN2OS2. The van der Waals surface area contributed by atoms with Gasteiger partial charge in [-0.3, -0.25) is 4.79 Å². The molecule has 3 N–H and O–H groups in total. The lowest BCUT2D eigenvalue weighted by atomic mass is 10.2. The summed E-state index contributed by atoms with van der Waals surface area (Å²) in [6, 6.07) is 12.4. The molecule has 1 amide bonds. The van der Waals surface area contributed by atoms with Crippen LogP contribution < -0.4 is 11.1 Å². The predicted molar refractivity (Wildman–Crippen MR) is 93.5 cm³/mol. The van der Waals surface area contributed by atoms with Gasteiger partial charge in [-0.25, -0.2) is 0 Å². The van der Waals surface area contributed by atoms with Gasteiger partial charge in [-0.05, 0) is 48.7 Å². The smallest absolute Gasteiger partial charge is 0.255 e. The molecule has 108 valence electrons. The van der Waals surface area contributed by atoms with Crippen LogP contribution >= 0.6 is 35.6 Å². The van der Waals surface area contributed by atoms with E-state index >= 15 is 0 Å². The molecule has 0 aliphatic heterocycles. The highest BCUT2D eigenvalue weighted by atomic mass is 35.5. The van der Waals surface area contributed by atoms with E-state index in [9.17, 15) is 4.79 Å². The van der Waals surface area contributed by atoms with Crippen LogP contribution in [0, 0.1) is 0 Å². The molecule has 0 aromatic heterocycles. The fourth-order valence-electron chi connectivity index (χ4n) is 1.71. The number of hydrogen-bond donors (Lipinski definition) is 2. The Hall–Kier alpha value is -1.56. The van der Waals surface area contributed by atoms with Crippen molar-refractivity contribution in [2.45, 2.75) is 4.90 Å². The molecule has 2 aromatic carbocycles. The van der Waals surface area contributed by atoms with E-state index in [1.54, 1.807) is 42.1 Å². The summed E-state index contributed by atoms with van der Waals surface area (Å²) in [5.74, 6) is -0.215. The molecule has 0 unspecified atom stereocenters. The van der Waals surface area contributed by atoms with Crippen molar-refractivity contribution in [3.05, 3.63) is 58.6 Å². The number of carbonyl (C=O) groups excluding carboxylic acids is 1. The number of thioether (sulfide) groups is 1. The molecule has 0 aliphatic rings. The number of rotatable bonds is 4. The first-order valence-corrected chi connectivity index (χ1v) is 8.07. The molecule has 0 atom stereocenters. The number of nitrogens with two attached hydrogens (primary N) is 1. The second-order valence-corrected chi connectivity index (χ2v) is 5.97. The molecule has 6 heteroatoms. The van der Waals surface area contributed by atoms with Crippen LogP contribution in [-0.2, 0) is 0 Å². The van der Waals surface area contributed by atoms with E-state index in [-0.39, 0.29) is 10.9 Å². The SMILES string of the molecule is CSc1ccc(C(=O)Nc2ccc(C(N)=S)cc2Cl)cc1. The first-order chi connectivity index (χ1) is 10.0. The van der Waals surface area contributed by atoms with Gasteiger partial charge in [0.05, 0.1) is 10.7 Å². The zero-order chi connectivity index (χ0) is 15.4. The zero-order valence-electron chi connectivity index (χ0n) is 11.2. The summed E-state index contributed by atoms with van der Waals surface area (Å²) in [4.78, 5) is 13.5. The number of hydrogen-bond acceptors (Lipinski definition) is 3. The van der Waals surface area contributed by atoms with Crippen molar-refractivity contribution >= 4 is 52.2 Å². The molecule has 2 rings (SSSR count). The van der Waals surface area contributed by atoms with Crippen molar-refractivity contribution in [1.29, 1.82) is 0 Å². The topological polar surface area (TPSA) is 55.1 Å². The van der Waals surface area contributed by atoms with Gasteiger partial charge in [0, 0.05) is 16.0 Å². The summed E-state index contributed by atoms with van der Waals surface area (Å²) in [6.45, 7) is 0. The van der Waals surface area contributed by atoms with Crippen molar-refractivity contribution in [2.75, 3.05) is 11.6 Å². The standard InChI is InChI=1S/C15H13ClN2OS2/c1-21-11-5-2-9(3-6-11)15(19)18-13-7-4-10(14(17)20)8-12(13)16/h2-8H,1H3,(H2,17,20)(H,18,19). The van der Waals surface area contributed by atoms with Crippen molar-refractivity contribution in [3.8, 4) is 0 Å². The number of thiocarbonyl (C=S) groups is 1. The van der Waals surface area contributed by atoms with E-state index < -0.39 is 0 Å². The van der Waals surface area contributed by atoms with Gasteiger partial charge in [-0.2, -0.15) is 0 Å². The average molecular weight is 337 g/mol. The van der Waals surface area contributed by atoms with Crippen molar-refractivity contribution < 1.29 is 4.79 Å². The summed E-state index contributed by atoms with van der Waals surface area (Å²) < 4.78 is 0. The first kappa shape index (κ1) is 15.8. The largest absolute Gasteiger partial charge is 0.389 e. The Kier molecular flexibility index (Phi) is 5.22. The average Bonchev–Trinajstić information content (AvgIpc) is 2.49. The first-order valence-electron chi connectivity index (χ1n) is 6.06. The Labute approximate surface area is 137 Å². The Morgan fingerprint density at radius 1 is 1.19 bits per heavy atom. The van der Waals surface area contributed by atoms with Crippen LogP contribution in [0.2, 0.25) is 5.02 Å². The van der Waals surface area contributed by atoms with Crippen LogP contribution in [0.15, 0.2) is 47.4 Å². The second-order valence-electron chi connectivity index (χ2n) is 4.24. The van der Waals surface area contributed by atoms with Crippen LogP contribution in [0.4, 0.5) is 5.69 Å². The molecule has 0 bridgehead atoms. The zero-order valence-corrected chi connectivity index (χ0v) is 13.6. The maximum Gasteiger partial charge on any atom is 0.255 e. The molecule has 3 nitrogen and oxygen atoms in total. The summed E-state index contributed by atoms with van der Waals surface area (Å²) in [7, 11) is 0. The predicted octanol–water partition coefficient (Wildman–Crippen LogP) is 3.95. The minimum Gasteiger partial charge on any atom is -0.389 e. The fraction of sp³-hybridized carbons (Fsp3) is 0.0667. The normalized spacial score (nSPS) is 10.2. The van der Waals surface area contributed by atoms with Gasteiger partial charge in [0.1, 0.15) is 4.99 Å². The summed E-state index contributed by atoms with van der Waals surface area (Å²) in [6.07, 6.45) is 1.98. The highest BCUT2D eigenvalue weighted by Crippen LogP contribution is 2.24. The number of carbonyl (C=O) groups is 1. The molecule has 0 radical (unpaired) electrons. The Morgan fingerprint density at radius 2 is 1.81 bits per heavy atom.